The van der Waals surface area contributed by atoms with Crippen molar-refractivity contribution in [1.82, 2.24) is 20.3 Å². The SMILES string of the molecule is CC(=O)Cc1nc(C)cc(C(=O)NCc2ccc(OCC(F)(F)F)nc2)n1. The third kappa shape index (κ3) is 7.00. The van der Waals surface area contributed by atoms with Gasteiger partial charge in [0.1, 0.15) is 17.3 Å². The van der Waals surface area contributed by atoms with E-state index in [9.17, 15) is 22.8 Å². The zero-order valence-corrected chi connectivity index (χ0v) is 14.6. The monoisotopic (exact) mass is 382 g/mol. The Bertz CT molecular complexity index is 823. The molecular weight excluding hydrogens is 365 g/mol. The summed E-state index contributed by atoms with van der Waals surface area (Å²) in [6, 6.07) is 4.27. The number of nitrogens with one attached hydrogen (secondary N) is 1. The standard InChI is InChI=1S/C17H17F3N4O3/c1-10-5-13(24-14(23-10)6-11(2)25)16(26)22-8-12-3-4-15(21-7-12)27-9-17(18,19)20/h3-5,7H,6,8-9H2,1-2H3,(H,22,26). The molecule has 0 bridgehead atoms. The Balaban J connectivity index is 1.95. The highest BCUT2D eigenvalue weighted by molar-refractivity contribution is 5.92. The lowest BCUT2D eigenvalue weighted by Crippen LogP contribution is -2.25. The van der Waals surface area contributed by atoms with Crippen molar-refractivity contribution < 1.29 is 27.5 Å². The second kappa shape index (κ2) is 8.56. The van der Waals surface area contributed by atoms with Gasteiger partial charge in [-0.15, -0.1) is 0 Å². The molecule has 0 saturated carbocycles. The number of pyridine rings is 1. The van der Waals surface area contributed by atoms with E-state index < -0.39 is 18.7 Å². The van der Waals surface area contributed by atoms with E-state index >= 15 is 0 Å². The molecule has 1 N–H and O–H groups in total. The van der Waals surface area contributed by atoms with E-state index in [-0.39, 0.29) is 36.1 Å². The molecule has 0 unspecified atom stereocenters. The minimum Gasteiger partial charge on any atom is -0.468 e. The average molecular weight is 382 g/mol. The van der Waals surface area contributed by atoms with Crippen molar-refractivity contribution in [3.63, 3.8) is 0 Å². The van der Waals surface area contributed by atoms with Crippen LogP contribution in [0.5, 0.6) is 5.88 Å². The van der Waals surface area contributed by atoms with Crippen molar-refractivity contribution >= 4 is 11.7 Å². The maximum absolute atomic E-state index is 12.2. The van der Waals surface area contributed by atoms with Crippen LogP contribution in [-0.4, -0.2) is 39.4 Å². The molecule has 0 aromatic carbocycles. The smallest absolute Gasteiger partial charge is 0.422 e. The summed E-state index contributed by atoms with van der Waals surface area (Å²) < 4.78 is 40.8. The molecule has 0 atom stereocenters. The van der Waals surface area contributed by atoms with Crippen LogP contribution in [0.4, 0.5) is 13.2 Å². The van der Waals surface area contributed by atoms with Crippen LogP contribution in [0.2, 0.25) is 0 Å². The van der Waals surface area contributed by atoms with Crippen LogP contribution in [0, 0.1) is 6.92 Å². The van der Waals surface area contributed by atoms with Gasteiger partial charge < -0.3 is 10.1 Å². The Kier molecular flexibility index (Phi) is 6.43. The second-order valence-electron chi connectivity index (χ2n) is 5.78. The number of halogens is 3. The molecule has 2 rings (SSSR count). The van der Waals surface area contributed by atoms with E-state index in [1.165, 1.54) is 31.3 Å². The Hall–Kier alpha value is -3.04. The molecule has 27 heavy (non-hydrogen) atoms. The number of rotatable bonds is 7. The van der Waals surface area contributed by atoms with E-state index in [0.717, 1.165) is 0 Å². The number of carbonyl (C=O) groups is 2. The van der Waals surface area contributed by atoms with Crippen molar-refractivity contribution in [2.45, 2.75) is 33.0 Å². The second-order valence-corrected chi connectivity index (χ2v) is 5.78. The Labute approximate surface area is 153 Å². The molecule has 0 aliphatic heterocycles. The molecule has 10 heteroatoms. The van der Waals surface area contributed by atoms with Crippen LogP contribution >= 0.6 is 0 Å². The summed E-state index contributed by atoms with van der Waals surface area (Å²) in [5.74, 6) is -0.489. The molecule has 0 fully saturated rings. The molecule has 7 nitrogen and oxygen atoms in total. The van der Waals surface area contributed by atoms with Crippen molar-refractivity contribution in [3.8, 4) is 5.88 Å². The van der Waals surface area contributed by atoms with Gasteiger partial charge in [-0.1, -0.05) is 6.07 Å². The van der Waals surface area contributed by atoms with Crippen molar-refractivity contribution in [3.05, 3.63) is 47.2 Å². The highest BCUT2D eigenvalue weighted by atomic mass is 19.4. The average Bonchev–Trinajstić information content (AvgIpc) is 2.57. The van der Waals surface area contributed by atoms with Crippen molar-refractivity contribution in [1.29, 1.82) is 0 Å². The Morgan fingerprint density at radius 3 is 2.56 bits per heavy atom. The molecule has 0 aliphatic carbocycles. The molecule has 0 aliphatic rings. The first kappa shape index (κ1) is 20.3. The first-order valence-corrected chi connectivity index (χ1v) is 7.89. The third-order valence-corrected chi connectivity index (χ3v) is 3.17. The first-order chi connectivity index (χ1) is 12.6. The molecule has 1 amide bonds. The van der Waals surface area contributed by atoms with Gasteiger partial charge in [-0.3, -0.25) is 9.59 Å². The quantitative estimate of drug-likeness (QED) is 0.789. The molecular formula is C17H17F3N4O3. The number of carbonyl (C=O) groups excluding carboxylic acids is 2. The highest BCUT2D eigenvalue weighted by Gasteiger charge is 2.28. The first-order valence-electron chi connectivity index (χ1n) is 7.89. The highest BCUT2D eigenvalue weighted by Crippen LogP contribution is 2.17. The van der Waals surface area contributed by atoms with Gasteiger partial charge in [0.25, 0.3) is 5.91 Å². The Morgan fingerprint density at radius 2 is 1.96 bits per heavy atom. The zero-order chi connectivity index (χ0) is 20.0. The van der Waals surface area contributed by atoms with E-state index in [4.69, 9.17) is 0 Å². The summed E-state index contributed by atoms with van der Waals surface area (Å²) in [7, 11) is 0. The molecule has 2 heterocycles. The predicted molar refractivity (Wildman–Crippen MR) is 88.1 cm³/mol. The maximum atomic E-state index is 12.2. The summed E-state index contributed by atoms with van der Waals surface area (Å²) in [4.78, 5) is 35.3. The summed E-state index contributed by atoms with van der Waals surface area (Å²) in [5.41, 5.74) is 1.24. The fourth-order valence-corrected chi connectivity index (χ4v) is 2.08. The number of hydrogen-bond donors (Lipinski definition) is 1. The predicted octanol–water partition coefficient (Wildman–Crippen LogP) is 2.18. The fraction of sp³-hybridized carbons (Fsp3) is 0.353. The van der Waals surface area contributed by atoms with Gasteiger partial charge >= 0.3 is 6.18 Å². The largest absolute Gasteiger partial charge is 0.468 e. The molecule has 0 radical (unpaired) electrons. The van der Waals surface area contributed by atoms with Crippen LogP contribution in [0.3, 0.4) is 0 Å². The summed E-state index contributed by atoms with van der Waals surface area (Å²) in [5, 5.41) is 2.62. The number of hydrogen-bond acceptors (Lipinski definition) is 6. The lowest BCUT2D eigenvalue weighted by Gasteiger charge is -2.09. The minimum absolute atomic E-state index is 0.0330. The normalized spacial score (nSPS) is 11.1. The van der Waals surface area contributed by atoms with Gasteiger partial charge in [-0.05, 0) is 25.5 Å². The van der Waals surface area contributed by atoms with Gasteiger partial charge in [-0.2, -0.15) is 13.2 Å². The van der Waals surface area contributed by atoms with Crippen LogP contribution in [-0.2, 0) is 17.8 Å². The summed E-state index contributed by atoms with van der Waals surface area (Å²) in [6.07, 6.45) is -3.10. The molecule has 2 aromatic rings. The lowest BCUT2D eigenvalue weighted by molar-refractivity contribution is -0.154. The molecule has 144 valence electrons. The zero-order valence-electron chi connectivity index (χ0n) is 14.6. The van der Waals surface area contributed by atoms with Gasteiger partial charge in [0.15, 0.2) is 6.61 Å². The Morgan fingerprint density at radius 1 is 1.22 bits per heavy atom. The van der Waals surface area contributed by atoms with Crippen LogP contribution in [0.1, 0.15) is 34.5 Å². The third-order valence-electron chi connectivity index (χ3n) is 3.17. The van der Waals surface area contributed by atoms with E-state index in [0.29, 0.717) is 11.3 Å². The van der Waals surface area contributed by atoms with E-state index in [1.54, 1.807) is 6.92 Å². The number of Topliss-reactive ketones (excluding diaryl/α,β-unsaturated/α-hetero) is 1. The van der Waals surface area contributed by atoms with E-state index in [2.05, 4.69) is 25.0 Å². The van der Waals surface area contributed by atoms with Crippen LogP contribution in [0.15, 0.2) is 24.4 Å². The van der Waals surface area contributed by atoms with Gasteiger partial charge in [0, 0.05) is 24.5 Å². The fourth-order valence-electron chi connectivity index (χ4n) is 2.08. The van der Waals surface area contributed by atoms with Crippen LogP contribution < -0.4 is 10.1 Å². The van der Waals surface area contributed by atoms with Crippen molar-refractivity contribution in [2.75, 3.05) is 6.61 Å². The summed E-state index contributed by atoms with van der Waals surface area (Å²) in [6.45, 7) is 1.76. The maximum Gasteiger partial charge on any atom is 0.422 e. The number of alkyl halides is 3. The summed E-state index contributed by atoms with van der Waals surface area (Å²) >= 11 is 0. The number of ketones is 1. The number of nitrogens with zero attached hydrogens (tertiary/aromatic N) is 3. The number of ether oxygens (including phenoxy) is 1. The van der Waals surface area contributed by atoms with Gasteiger partial charge in [0.05, 0.1) is 6.42 Å². The minimum atomic E-state index is -4.44. The van der Waals surface area contributed by atoms with Gasteiger partial charge in [0.2, 0.25) is 5.88 Å². The lowest BCUT2D eigenvalue weighted by atomic mass is 10.2. The number of amides is 1. The van der Waals surface area contributed by atoms with Crippen LogP contribution in [0.25, 0.3) is 0 Å². The number of aromatic nitrogens is 3. The van der Waals surface area contributed by atoms with Gasteiger partial charge in [-0.25, -0.2) is 15.0 Å². The molecule has 0 saturated heterocycles. The topological polar surface area (TPSA) is 94.1 Å². The number of aryl methyl sites for hydroxylation is 1. The molecule has 2 aromatic heterocycles. The molecule has 0 spiro atoms. The van der Waals surface area contributed by atoms with Crippen molar-refractivity contribution in [2.24, 2.45) is 0 Å². The van der Waals surface area contributed by atoms with E-state index in [1.807, 2.05) is 0 Å².